The van der Waals surface area contributed by atoms with Gasteiger partial charge in [0, 0.05) is 12.1 Å². The number of carbonyl (C=O) groups excluding carboxylic acids is 1. The highest BCUT2D eigenvalue weighted by molar-refractivity contribution is 5.81. The number of morpholine rings is 1. The molecule has 0 spiro atoms. The number of carbonyl (C=O) groups is 1. The summed E-state index contributed by atoms with van der Waals surface area (Å²) in [7, 11) is 0. The van der Waals surface area contributed by atoms with Crippen LogP contribution >= 0.6 is 0 Å². The zero-order valence-corrected chi connectivity index (χ0v) is 11.5. The first-order valence-corrected chi connectivity index (χ1v) is 6.91. The lowest BCUT2D eigenvalue weighted by atomic mass is 10.2. The lowest BCUT2D eigenvalue weighted by molar-refractivity contribution is -0.126. The number of nitrogens with zero attached hydrogens (tertiary/aromatic N) is 1. The molecule has 1 fully saturated rings. The van der Waals surface area contributed by atoms with Crippen molar-refractivity contribution in [1.29, 1.82) is 0 Å². The van der Waals surface area contributed by atoms with Crippen LogP contribution in [0.4, 0.5) is 0 Å². The molecular formula is C15H17N3O3. The Morgan fingerprint density at radius 2 is 2.24 bits per heavy atom. The van der Waals surface area contributed by atoms with Crippen LogP contribution < -0.4 is 10.6 Å². The number of aromatic nitrogens is 1. The van der Waals surface area contributed by atoms with E-state index in [4.69, 9.17) is 9.15 Å². The number of oxazole rings is 1. The van der Waals surface area contributed by atoms with E-state index in [9.17, 15) is 4.79 Å². The summed E-state index contributed by atoms with van der Waals surface area (Å²) in [6.45, 7) is 2.08. The van der Waals surface area contributed by atoms with Crippen LogP contribution in [0.15, 0.2) is 41.0 Å². The number of amides is 1. The molecule has 0 bridgehead atoms. The number of hydrogen-bond acceptors (Lipinski definition) is 5. The van der Waals surface area contributed by atoms with Crippen LogP contribution in [0.3, 0.4) is 0 Å². The van der Waals surface area contributed by atoms with E-state index < -0.39 is 0 Å². The third kappa shape index (κ3) is 3.48. The molecule has 1 atom stereocenters. The molecule has 1 aliphatic heterocycles. The first-order valence-electron chi connectivity index (χ1n) is 6.91. The quantitative estimate of drug-likeness (QED) is 0.875. The third-order valence-electron chi connectivity index (χ3n) is 3.25. The summed E-state index contributed by atoms with van der Waals surface area (Å²) in [6, 6.07) is 9.35. The van der Waals surface area contributed by atoms with Crippen LogP contribution in [0.2, 0.25) is 0 Å². The average Bonchev–Trinajstić information content (AvgIpc) is 3.03. The monoisotopic (exact) mass is 287 g/mol. The molecule has 110 valence electrons. The van der Waals surface area contributed by atoms with Crippen molar-refractivity contribution in [3.8, 4) is 11.5 Å². The van der Waals surface area contributed by atoms with Crippen molar-refractivity contribution >= 4 is 5.91 Å². The van der Waals surface area contributed by atoms with Crippen molar-refractivity contribution in [3.63, 3.8) is 0 Å². The van der Waals surface area contributed by atoms with E-state index in [1.807, 2.05) is 30.3 Å². The van der Waals surface area contributed by atoms with Gasteiger partial charge < -0.3 is 19.8 Å². The second kappa shape index (κ2) is 6.51. The normalized spacial score (nSPS) is 18.4. The molecule has 6 heteroatoms. The molecule has 0 aliphatic carbocycles. The van der Waals surface area contributed by atoms with Gasteiger partial charge in [0.1, 0.15) is 12.3 Å². The average molecular weight is 287 g/mol. The second-order valence-electron chi connectivity index (χ2n) is 4.81. The molecule has 0 saturated carbocycles. The first kappa shape index (κ1) is 13.8. The predicted octanol–water partition coefficient (Wildman–Crippen LogP) is 0.946. The predicted molar refractivity (Wildman–Crippen MR) is 76.4 cm³/mol. The summed E-state index contributed by atoms with van der Waals surface area (Å²) in [6.07, 6.45) is 1.56. The van der Waals surface area contributed by atoms with E-state index in [1.54, 1.807) is 6.26 Å². The molecule has 1 aromatic heterocycles. The minimum absolute atomic E-state index is 0.0843. The van der Waals surface area contributed by atoms with Gasteiger partial charge in [-0.05, 0) is 12.1 Å². The molecular weight excluding hydrogens is 270 g/mol. The SMILES string of the molecule is O=C(NCc1coc(-c2ccccc2)n1)C1COCCN1. The van der Waals surface area contributed by atoms with Crippen LogP contribution in [0, 0.1) is 0 Å². The number of nitrogens with one attached hydrogen (secondary N) is 2. The standard InChI is InChI=1S/C15H17N3O3/c19-14(13-10-20-7-6-16-13)17-8-12-9-21-15(18-12)11-4-2-1-3-5-11/h1-5,9,13,16H,6-8,10H2,(H,17,19). The molecule has 1 aliphatic rings. The topological polar surface area (TPSA) is 76.4 Å². The van der Waals surface area contributed by atoms with Crippen LogP contribution in [-0.4, -0.2) is 36.7 Å². The maximum atomic E-state index is 11.9. The Morgan fingerprint density at radius 3 is 3.00 bits per heavy atom. The van der Waals surface area contributed by atoms with E-state index in [0.29, 0.717) is 37.9 Å². The molecule has 1 aromatic carbocycles. The molecule has 0 radical (unpaired) electrons. The summed E-state index contributed by atoms with van der Waals surface area (Å²) >= 11 is 0. The van der Waals surface area contributed by atoms with E-state index in [2.05, 4.69) is 15.6 Å². The summed E-state index contributed by atoms with van der Waals surface area (Å²) in [5, 5.41) is 5.93. The molecule has 3 rings (SSSR count). The van der Waals surface area contributed by atoms with E-state index in [1.165, 1.54) is 0 Å². The molecule has 2 N–H and O–H groups in total. The lowest BCUT2D eigenvalue weighted by Gasteiger charge is -2.22. The lowest BCUT2D eigenvalue weighted by Crippen LogP contribution is -2.51. The molecule has 1 amide bonds. The highest BCUT2D eigenvalue weighted by Gasteiger charge is 2.21. The van der Waals surface area contributed by atoms with Gasteiger partial charge >= 0.3 is 0 Å². The van der Waals surface area contributed by atoms with E-state index >= 15 is 0 Å². The minimum Gasteiger partial charge on any atom is -0.444 e. The highest BCUT2D eigenvalue weighted by atomic mass is 16.5. The summed E-state index contributed by atoms with van der Waals surface area (Å²) in [5.41, 5.74) is 1.61. The van der Waals surface area contributed by atoms with Crippen molar-refractivity contribution in [2.75, 3.05) is 19.8 Å². The molecule has 2 aromatic rings. The van der Waals surface area contributed by atoms with Crippen molar-refractivity contribution in [1.82, 2.24) is 15.6 Å². The minimum atomic E-state index is -0.292. The van der Waals surface area contributed by atoms with E-state index in [0.717, 1.165) is 5.56 Å². The van der Waals surface area contributed by atoms with Gasteiger partial charge in [0.15, 0.2) is 0 Å². The number of ether oxygens (including phenoxy) is 1. The van der Waals surface area contributed by atoms with Crippen molar-refractivity contribution in [2.45, 2.75) is 12.6 Å². The van der Waals surface area contributed by atoms with Gasteiger partial charge in [-0.2, -0.15) is 0 Å². The Balaban J connectivity index is 1.56. The first-order chi connectivity index (χ1) is 10.3. The zero-order chi connectivity index (χ0) is 14.5. The molecule has 21 heavy (non-hydrogen) atoms. The second-order valence-corrected chi connectivity index (χ2v) is 4.81. The van der Waals surface area contributed by atoms with Crippen molar-refractivity contribution in [3.05, 3.63) is 42.3 Å². The smallest absolute Gasteiger partial charge is 0.239 e. The van der Waals surface area contributed by atoms with Gasteiger partial charge in [-0.15, -0.1) is 0 Å². The van der Waals surface area contributed by atoms with Gasteiger partial charge in [-0.25, -0.2) is 4.98 Å². The Kier molecular flexibility index (Phi) is 4.28. The van der Waals surface area contributed by atoms with Crippen LogP contribution in [0.25, 0.3) is 11.5 Å². The van der Waals surface area contributed by atoms with Crippen LogP contribution in [-0.2, 0) is 16.1 Å². The van der Waals surface area contributed by atoms with Crippen LogP contribution in [0.1, 0.15) is 5.69 Å². The number of hydrogen-bond donors (Lipinski definition) is 2. The highest BCUT2D eigenvalue weighted by Crippen LogP contribution is 2.17. The summed E-state index contributed by atoms with van der Waals surface area (Å²) < 4.78 is 10.7. The summed E-state index contributed by atoms with van der Waals surface area (Å²) in [5.74, 6) is 0.470. The fraction of sp³-hybridized carbons (Fsp3) is 0.333. The molecule has 1 unspecified atom stereocenters. The van der Waals surface area contributed by atoms with Crippen molar-refractivity contribution in [2.24, 2.45) is 0 Å². The van der Waals surface area contributed by atoms with Gasteiger partial charge in [0.05, 0.1) is 25.5 Å². The molecule has 2 heterocycles. The van der Waals surface area contributed by atoms with Crippen molar-refractivity contribution < 1.29 is 13.9 Å². The van der Waals surface area contributed by atoms with Gasteiger partial charge in [-0.1, -0.05) is 18.2 Å². The Bertz CT molecular complexity index is 591. The van der Waals surface area contributed by atoms with Crippen LogP contribution in [0.5, 0.6) is 0 Å². The maximum Gasteiger partial charge on any atom is 0.239 e. The fourth-order valence-corrected chi connectivity index (χ4v) is 2.14. The number of benzene rings is 1. The fourth-order valence-electron chi connectivity index (χ4n) is 2.14. The van der Waals surface area contributed by atoms with Gasteiger partial charge in [-0.3, -0.25) is 4.79 Å². The molecule has 1 saturated heterocycles. The zero-order valence-electron chi connectivity index (χ0n) is 11.5. The molecule has 6 nitrogen and oxygen atoms in total. The third-order valence-corrected chi connectivity index (χ3v) is 3.25. The summed E-state index contributed by atoms with van der Waals surface area (Å²) in [4.78, 5) is 16.3. The van der Waals surface area contributed by atoms with Gasteiger partial charge in [0.25, 0.3) is 0 Å². The van der Waals surface area contributed by atoms with Gasteiger partial charge in [0.2, 0.25) is 11.8 Å². The largest absolute Gasteiger partial charge is 0.444 e. The Hall–Kier alpha value is -2.18. The number of rotatable bonds is 4. The Labute approximate surface area is 122 Å². The Morgan fingerprint density at radius 1 is 1.38 bits per heavy atom. The maximum absolute atomic E-state index is 11.9. The van der Waals surface area contributed by atoms with E-state index in [-0.39, 0.29) is 11.9 Å².